The number of carbonyl (C=O) groups is 1. The minimum Gasteiger partial charge on any atom is -0.358 e. The van der Waals surface area contributed by atoms with E-state index >= 15 is 0 Å². The van der Waals surface area contributed by atoms with Gasteiger partial charge in [-0.05, 0) is 18.1 Å². The zero-order chi connectivity index (χ0) is 17.0. The monoisotopic (exact) mass is 317 g/mol. The highest BCUT2D eigenvalue weighted by Crippen LogP contribution is 2.22. The van der Waals surface area contributed by atoms with Crippen molar-refractivity contribution in [3.05, 3.63) is 24.2 Å². The number of anilines is 1. The van der Waals surface area contributed by atoms with Crippen molar-refractivity contribution >= 4 is 11.7 Å². The van der Waals surface area contributed by atoms with Crippen LogP contribution in [0, 0.1) is 5.92 Å². The van der Waals surface area contributed by atoms with Gasteiger partial charge in [-0.2, -0.15) is 4.98 Å². The van der Waals surface area contributed by atoms with Crippen LogP contribution in [0.3, 0.4) is 0 Å². The standard InChI is InChI=1S/C16H23N5O2/c1-9(2)13(15(22)17-5)19-12-8-11(6-7-18-12)16-20-14(10(3)4)21-23-16/h6-10,13H,1-5H3,(H,17,22)(H,18,19). The van der Waals surface area contributed by atoms with Crippen LogP contribution in [-0.2, 0) is 4.79 Å². The molecule has 1 atom stereocenters. The van der Waals surface area contributed by atoms with Crippen LogP contribution in [0.25, 0.3) is 11.5 Å². The topological polar surface area (TPSA) is 92.9 Å². The van der Waals surface area contributed by atoms with E-state index in [4.69, 9.17) is 4.52 Å². The number of likely N-dealkylation sites (N-methyl/N-ethyl adjacent to an activating group) is 1. The molecule has 7 heteroatoms. The highest BCUT2D eigenvalue weighted by Gasteiger charge is 2.21. The van der Waals surface area contributed by atoms with Gasteiger partial charge in [0.1, 0.15) is 11.9 Å². The van der Waals surface area contributed by atoms with Crippen LogP contribution in [0.2, 0.25) is 0 Å². The number of rotatable bonds is 6. The summed E-state index contributed by atoms with van der Waals surface area (Å²) in [5.41, 5.74) is 0.765. The molecular formula is C16H23N5O2. The zero-order valence-electron chi connectivity index (χ0n) is 14.1. The quantitative estimate of drug-likeness (QED) is 0.850. The number of amides is 1. The summed E-state index contributed by atoms with van der Waals surface area (Å²) in [6, 6.07) is 3.24. The normalized spacial score (nSPS) is 12.5. The van der Waals surface area contributed by atoms with Crippen LogP contribution in [0.5, 0.6) is 0 Å². The van der Waals surface area contributed by atoms with Crippen molar-refractivity contribution in [3.8, 4) is 11.5 Å². The Hall–Kier alpha value is -2.44. The fraction of sp³-hybridized carbons (Fsp3) is 0.500. The first-order chi connectivity index (χ1) is 10.9. The number of hydrogen-bond donors (Lipinski definition) is 2. The van der Waals surface area contributed by atoms with Crippen molar-refractivity contribution in [1.29, 1.82) is 0 Å². The van der Waals surface area contributed by atoms with Gasteiger partial charge in [0, 0.05) is 24.7 Å². The van der Waals surface area contributed by atoms with Gasteiger partial charge < -0.3 is 15.2 Å². The summed E-state index contributed by atoms with van der Waals surface area (Å²) in [5.74, 6) is 1.94. The Labute approximate surface area is 135 Å². The molecule has 0 aliphatic carbocycles. The lowest BCUT2D eigenvalue weighted by Gasteiger charge is -2.21. The van der Waals surface area contributed by atoms with E-state index in [9.17, 15) is 4.79 Å². The molecule has 23 heavy (non-hydrogen) atoms. The van der Waals surface area contributed by atoms with E-state index in [1.807, 2.05) is 27.7 Å². The Bertz CT molecular complexity index is 666. The lowest BCUT2D eigenvalue weighted by molar-refractivity contribution is -0.122. The smallest absolute Gasteiger partial charge is 0.258 e. The van der Waals surface area contributed by atoms with Crippen molar-refractivity contribution in [2.45, 2.75) is 39.7 Å². The molecule has 0 aromatic carbocycles. The van der Waals surface area contributed by atoms with E-state index < -0.39 is 0 Å². The van der Waals surface area contributed by atoms with E-state index in [0.717, 1.165) is 5.56 Å². The molecule has 124 valence electrons. The average Bonchev–Trinajstić information content (AvgIpc) is 3.02. The summed E-state index contributed by atoms with van der Waals surface area (Å²) < 4.78 is 5.29. The summed E-state index contributed by atoms with van der Waals surface area (Å²) in [4.78, 5) is 20.6. The Kier molecular flexibility index (Phi) is 5.31. The van der Waals surface area contributed by atoms with Crippen LogP contribution in [0.1, 0.15) is 39.4 Å². The van der Waals surface area contributed by atoms with Gasteiger partial charge in [0.25, 0.3) is 5.89 Å². The molecule has 0 radical (unpaired) electrons. The summed E-state index contributed by atoms with van der Waals surface area (Å²) in [6.07, 6.45) is 1.65. The van der Waals surface area contributed by atoms with Gasteiger partial charge in [-0.15, -0.1) is 0 Å². The summed E-state index contributed by atoms with van der Waals surface area (Å²) in [6.45, 7) is 7.96. The molecule has 1 unspecified atom stereocenters. The van der Waals surface area contributed by atoms with Crippen molar-refractivity contribution in [1.82, 2.24) is 20.4 Å². The lowest BCUT2D eigenvalue weighted by Crippen LogP contribution is -2.41. The molecule has 2 aromatic heterocycles. The lowest BCUT2D eigenvalue weighted by atomic mass is 10.0. The third-order valence-corrected chi connectivity index (χ3v) is 3.46. The summed E-state index contributed by atoms with van der Waals surface area (Å²) >= 11 is 0. The van der Waals surface area contributed by atoms with Crippen LogP contribution >= 0.6 is 0 Å². The van der Waals surface area contributed by atoms with Crippen LogP contribution in [-0.4, -0.2) is 34.1 Å². The molecule has 2 heterocycles. The highest BCUT2D eigenvalue weighted by atomic mass is 16.5. The summed E-state index contributed by atoms with van der Waals surface area (Å²) in [5, 5.41) is 9.78. The van der Waals surface area contributed by atoms with Crippen LogP contribution in [0.15, 0.2) is 22.9 Å². The number of carbonyl (C=O) groups excluding carboxylic acids is 1. The molecule has 0 spiro atoms. The summed E-state index contributed by atoms with van der Waals surface area (Å²) in [7, 11) is 1.62. The number of aromatic nitrogens is 3. The van der Waals surface area contributed by atoms with Gasteiger partial charge in [-0.3, -0.25) is 4.79 Å². The maximum atomic E-state index is 11.9. The molecule has 0 bridgehead atoms. The van der Waals surface area contributed by atoms with E-state index in [2.05, 4.69) is 25.8 Å². The molecule has 0 aliphatic rings. The fourth-order valence-corrected chi connectivity index (χ4v) is 2.08. The minimum atomic E-state index is -0.364. The molecule has 2 aromatic rings. The van der Waals surface area contributed by atoms with E-state index in [-0.39, 0.29) is 23.8 Å². The van der Waals surface area contributed by atoms with Crippen LogP contribution < -0.4 is 10.6 Å². The second-order valence-electron chi connectivity index (χ2n) is 6.02. The molecule has 0 saturated heterocycles. The molecule has 1 amide bonds. The van der Waals surface area contributed by atoms with Crippen molar-refractivity contribution in [2.75, 3.05) is 12.4 Å². The van der Waals surface area contributed by atoms with Crippen molar-refractivity contribution in [3.63, 3.8) is 0 Å². The number of pyridine rings is 1. The predicted molar refractivity (Wildman–Crippen MR) is 87.9 cm³/mol. The first kappa shape index (κ1) is 16.9. The van der Waals surface area contributed by atoms with E-state index in [0.29, 0.717) is 17.5 Å². The fourth-order valence-electron chi connectivity index (χ4n) is 2.08. The first-order valence-electron chi connectivity index (χ1n) is 7.70. The van der Waals surface area contributed by atoms with Gasteiger partial charge >= 0.3 is 0 Å². The molecule has 7 nitrogen and oxygen atoms in total. The Morgan fingerprint density at radius 3 is 2.57 bits per heavy atom. The Balaban J connectivity index is 2.23. The number of hydrogen-bond acceptors (Lipinski definition) is 6. The third kappa shape index (κ3) is 4.06. The molecule has 0 aliphatic heterocycles. The number of nitrogens with one attached hydrogen (secondary N) is 2. The molecular weight excluding hydrogens is 294 g/mol. The third-order valence-electron chi connectivity index (χ3n) is 3.46. The van der Waals surface area contributed by atoms with Crippen molar-refractivity contribution in [2.24, 2.45) is 5.92 Å². The minimum absolute atomic E-state index is 0.0768. The Morgan fingerprint density at radius 1 is 1.26 bits per heavy atom. The largest absolute Gasteiger partial charge is 0.358 e. The maximum absolute atomic E-state index is 11.9. The van der Waals surface area contributed by atoms with Gasteiger partial charge in [0.2, 0.25) is 5.91 Å². The van der Waals surface area contributed by atoms with E-state index in [1.165, 1.54) is 0 Å². The SMILES string of the molecule is CNC(=O)C(Nc1cc(-c2nc(C(C)C)no2)ccn1)C(C)C. The Morgan fingerprint density at radius 2 is 2.00 bits per heavy atom. The van der Waals surface area contributed by atoms with Gasteiger partial charge in [0.15, 0.2) is 5.82 Å². The first-order valence-corrected chi connectivity index (χ1v) is 7.70. The highest BCUT2D eigenvalue weighted by molar-refractivity contribution is 5.84. The second kappa shape index (κ2) is 7.21. The zero-order valence-corrected chi connectivity index (χ0v) is 14.1. The van der Waals surface area contributed by atoms with Gasteiger partial charge in [-0.1, -0.05) is 32.9 Å². The van der Waals surface area contributed by atoms with Gasteiger partial charge in [0.05, 0.1) is 0 Å². The molecule has 2 rings (SSSR count). The molecule has 2 N–H and O–H groups in total. The average molecular weight is 317 g/mol. The number of nitrogens with zero attached hydrogens (tertiary/aromatic N) is 3. The predicted octanol–water partition coefficient (Wildman–Crippen LogP) is 2.44. The van der Waals surface area contributed by atoms with Crippen molar-refractivity contribution < 1.29 is 9.32 Å². The van der Waals surface area contributed by atoms with Crippen LogP contribution in [0.4, 0.5) is 5.82 Å². The van der Waals surface area contributed by atoms with E-state index in [1.54, 1.807) is 25.4 Å². The molecule has 0 fully saturated rings. The maximum Gasteiger partial charge on any atom is 0.258 e. The molecule has 0 saturated carbocycles. The van der Waals surface area contributed by atoms with Gasteiger partial charge in [-0.25, -0.2) is 4.98 Å². The second-order valence-corrected chi connectivity index (χ2v) is 6.02.